The summed E-state index contributed by atoms with van der Waals surface area (Å²) in [5.41, 5.74) is 0. The van der Waals surface area contributed by atoms with E-state index in [9.17, 15) is 0 Å². The molecular formula is H8AlF4Li. The summed E-state index contributed by atoms with van der Waals surface area (Å²) in [6.45, 7) is 0. The first-order chi connectivity index (χ1) is 0. The van der Waals surface area contributed by atoms with Crippen molar-refractivity contribution in [2.75, 3.05) is 0 Å². The molecule has 0 aliphatic heterocycles. The molecule has 0 spiro atoms. The van der Waals surface area contributed by atoms with E-state index in [2.05, 4.69) is 0 Å². The van der Waals surface area contributed by atoms with Crippen molar-refractivity contribution in [3.8, 4) is 0 Å². The second-order valence-electron chi connectivity index (χ2n) is 0. The van der Waals surface area contributed by atoms with Crippen LogP contribution in [0, 0.1) is 0 Å². The minimum absolute atomic E-state index is 0. The normalized spacial score (nSPS) is 0. The monoisotopic (exact) mass is 118 g/mol. The molecule has 0 aromatic heterocycles. The Labute approximate surface area is 56.9 Å². The Bertz CT molecular complexity index is 11.7. The summed E-state index contributed by atoms with van der Waals surface area (Å²) in [5, 5.41) is 0. The minimum Gasteiger partial charge on any atom is -1.00 e. The van der Waals surface area contributed by atoms with Gasteiger partial charge in [-0.2, -0.15) is 0 Å². The molecule has 0 saturated carbocycles. The van der Waals surface area contributed by atoms with Gasteiger partial charge in [0.1, 0.15) is 0 Å². The molecule has 0 unspecified atom stereocenters. The van der Waals surface area contributed by atoms with E-state index in [0.29, 0.717) is 0 Å². The van der Waals surface area contributed by atoms with Crippen molar-refractivity contribution in [1.82, 2.24) is 0 Å². The summed E-state index contributed by atoms with van der Waals surface area (Å²) in [5.74, 6) is 0. The van der Waals surface area contributed by atoms with Crippen LogP contribution in [0.15, 0.2) is 0 Å². The average Bonchev–Trinajstić information content (AvgIpc) is 0. The summed E-state index contributed by atoms with van der Waals surface area (Å²) in [4.78, 5) is 0. The third kappa shape index (κ3) is 99.5. The first kappa shape index (κ1) is 325. The van der Waals surface area contributed by atoms with Crippen LogP contribution in [0.1, 0.15) is 1.43 Å². The molecule has 0 aliphatic carbocycles. The van der Waals surface area contributed by atoms with E-state index in [4.69, 9.17) is 0 Å². The first-order valence-electron chi connectivity index (χ1n) is 0. The number of rotatable bonds is 0. The van der Waals surface area contributed by atoms with Crippen molar-refractivity contribution in [1.29, 1.82) is 0 Å². The quantitative estimate of drug-likeness (QED) is 0.229. The van der Waals surface area contributed by atoms with Gasteiger partial charge in [-0.1, -0.05) is 0 Å². The van der Waals surface area contributed by atoms with Crippen LogP contribution in [-0.2, 0) is 0 Å². The number of halogens is 4. The molecule has 0 radical (unpaired) electrons. The average molecular weight is 118 g/mol. The first-order valence-corrected chi connectivity index (χ1v) is 0. The third-order valence-corrected chi connectivity index (χ3v) is 0. The van der Waals surface area contributed by atoms with Gasteiger partial charge in [0.2, 0.25) is 0 Å². The van der Waals surface area contributed by atoms with E-state index in [1.54, 1.807) is 0 Å². The van der Waals surface area contributed by atoms with Crippen molar-refractivity contribution >= 4 is 17.4 Å². The van der Waals surface area contributed by atoms with E-state index >= 15 is 0 Å². The second kappa shape index (κ2) is 191. The van der Waals surface area contributed by atoms with Crippen LogP contribution < -0.4 is 18.9 Å². The fraction of sp³-hybridized carbons (Fsp3) is 0. The predicted molar refractivity (Wildman–Crippen MR) is 21.1 cm³/mol. The molecule has 0 nitrogen and oxygen atoms in total. The van der Waals surface area contributed by atoms with Gasteiger partial charge < -0.3 is 1.43 Å². The zero-order valence-electron chi connectivity index (χ0n) is 3.63. The van der Waals surface area contributed by atoms with Crippen LogP contribution in [-0.4, -0.2) is 17.4 Å². The molecule has 6 heavy (non-hydrogen) atoms. The van der Waals surface area contributed by atoms with Gasteiger partial charge in [-0.05, 0) is 0 Å². The van der Waals surface area contributed by atoms with E-state index < -0.39 is 0 Å². The largest absolute Gasteiger partial charge is 1.00 e. The third-order valence-electron chi connectivity index (χ3n) is 0. The zero-order chi connectivity index (χ0) is 0. The van der Waals surface area contributed by atoms with Gasteiger partial charge in [0.05, 0.1) is 0 Å². The Kier molecular flexibility index (Phi) is 10300. The molecule has 40 valence electrons. The van der Waals surface area contributed by atoms with Crippen molar-refractivity contribution in [2.24, 2.45) is 0 Å². The molecule has 0 aromatic rings. The van der Waals surface area contributed by atoms with Crippen LogP contribution >= 0.6 is 0 Å². The maximum absolute atomic E-state index is 0. The van der Waals surface area contributed by atoms with Crippen molar-refractivity contribution in [3.63, 3.8) is 0 Å². The molecule has 0 atom stereocenters. The molecule has 0 aromatic carbocycles. The van der Waals surface area contributed by atoms with Crippen LogP contribution in [0.4, 0.5) is 18.8 Å². The topological polar surface area (TPSA) is 0 Å². The molecule has 6 heteroatoms. The van der Waals surface area contributed by atoms with Gasteiger partial charge >= 0.3 is 18.9 Å². The second-order valence-corrected chi connectivity index (χ2v) is 0. The predicted octanol–water partition coefficient (Wildman–Crippen LogP) is -3.46. The number of hydrogen-bond acceptors (Lipinski definition) is 0. The molecule has 0 saturated heterocycles. The van der Waals surface area contributed by atoms with Crippen LogP contribution in [0.25, 0.3) is 0 Å². The standard InChI is InChI=1S/Al.4FH.Li.4H/h;4*1H;;;;;/q;;;;;+1;;;;-1. The fourth-order valence-corrected chi connectivity index (χ4v) is 0. The molecule has 0 fully saturated rings. The Morgan fingerprint density at radius 2 is 0.667 bits per heavy atom. The Hall–Kier alpha value is 0.850. The van der Waals surface area contributed by atoms with Gasteiger partial charge in [-0.15, -0.1) is 0 Å². The van der Waals surface area contributed by atoms with E-state index in [1.165, 1.54) is 0 Å². The molecular weight excluding hydrogens is 110 g/mol. The summed E-state index contributed by atoms with van der Waals surface area (Å²) >= 11 is 0. The van der Waals surface area contributed by atoms with Crippen molar-refractivity contribution < 1.29 is 39.1 Å². The van der Waals surface area contributed by atoms with E-state index in [1.807, 2.05) is 0 Å². The van der Waals surface area contributed by atoms with Crippen LogP contribution in [0.5, 0.6) is 0 Å². The molecule has 0 bridgehead atoms. The molecule has 0 aliphatic rings. The maximum Gasteiger partial charge on any atom is 1.00 e. The van der Waals surface area contributed by atoms with Gasteiger partial charge in [-0.25, -0.2) is 0 Å². The molecule has 0 rings (SSSR count). The molecule has 0 N–H and O–H groups in total. The molecule has 0 amide bonds. The van der Waals surface area contributed by atoms with E-state index in [-0.39, 0.29) is 56.5 Å². The zero-order valence-corrected chi connectivity index (χ0v) is 2.63. The fourth-order valence-electron chi connectivity index (χ4n) is 0. The van der Waals surface area contributed by atoms with Crippen LogP contribution in [0.2, 0.25) is 0 Å². The van der Waals surface area contributed by atoms with Gasteiger partial charge in [0.25, 0.3) is 0 Å². The van der Waals surface area contributed by atoms with E-state index in [0.717, 1.165) is 0 Å². The van der Waals surface area contributed by atoms with Crippen molar-refractivity contribution in [2.45, 2.75) is 0 Å². The summed E-state index contributed by atoms with van der Waals surface area (Å²) in [6.07, 6.45) is 0. The minimum atomic E-state index is 0. The van der Waals surface area contributed by atoms with Gasteiger partial charge in [-0.3, -0.25) is 18.8 Å². The summed E-state index contributed by atoms with van der Waals surface area (Å²) in [7, 11) is 0. The SMILES string of the molecule is F.F.F.F.[AlH3].[H-].[Li+]. The molecule has 0 heterocycles. The maximum atomic E-state index is 0. The number of hydrogen-bond donors (Lipinski definition) is 0. The Balaban J connectivity index is 0. The Morgan fingerprint density at radius 1 is 0.667 bits per heavy atom. The summed E-state index contributed by atoms with van der Waals surface area (Å²) in [6, 6.07) is 0. The Morgan fingerprint density at radius 3 is 0.667 bits per heavy atom. The van der Waals surface area contributed by atoms with Gasteiger partial charge in [0, 0.05) is 0 Å². The van der Waals surface area contributed by atoms with Gasteiger partial charge in [0.15, 0.2) is 17.4 Å². The van der Waals surface area contributed by atoms with Crippen LogP contribution in [0.3, 0.4) is 0 Å². The smallest absolute Gasteiger partial charge is 1.00 e. The van der Waals surface area contributed by atoms with Crippen molar-refractivity contribution in [3.05, 3.63) is 0 Å². The summed E-state index contributed by atoms with van der Waals surface area (Å²) < 4.78 is 0.